The zero-order chi connectivity index (χ0) is 24.9. The number of rotatable bonds is 8. The van der Waals surface area contributed by atoms with Crippen molar-refractivity contribution in [2.75, 3.05) is 17.7 Å². The van der Waals surface area contributed by atoms with Crippen LogP contribution in [0.4, 0.5) is 5.69 Å². The number of carbonyl (C=O) groups is 2. The molecule has 0 aliphatic heterocycles. The van der Waals surface area contributed by atoms with Crippen LogP contribution in [0.25, 0.3) is 0 Å². The Labute approximate surface area is 200 Å². The third-order valence-electron chi connectivity index (χ3n) is 4.67. The quantitative estimate of drug-likeness (QED) is 0.273. The van der Waals surface area contributed by atoms with Gasteiger partial charge in [0.1, 0.15) is 0 Å². The van der Waals surface area contributed by atoms with E-state index in [1.54, 1.807) is 38.1 Å². The van der Waals surface area contributed by atoms with Crippen molar-refractivity contribution in [1.29, 1.82) is 0 Å². The lowest BCUT2D eigenvalue weighted by atomic mass is 10.2. The van der Waals surface area contributed by atoms with E-state index in [1.807, 2.05) is 6.92 Å². The van der Waals surface area contributed by atoms with Crippen molar-refractivity contribution in [2.24, 2.45) is 0 Å². The molecule has 0 unspecified atom stereocenters. The monoisotopic (exact) mass is 501 g/mol. The molecule has 34 heavy (non-hydrogen) atoms. The van der Waals surface area contributed by atoms with Crippen LogP contribution in [0.3, 0.4) is 0 Å². The minimum Gasteiger partial charge on any atom is -0.462 e. The number of anilines is 1. The summed E-state index contributed by atoms with van der Waals surface area (Å²) in [6.07, 6.45) is 1.00. The maximum absolute atomic E-state index is 12.9. The third kappa shape index (κ3) is 5.91. The van der Waals surface area contributed by atoms with E-state index in [2.05, 4.69) is 15.3 Å². The van der Waals surface area contributed by atoms with Gasteiger partial charge in [-0.15, -0.1) is 0 Å². The number of amides is 1. The van der Waals surface area contributed by atoms with Gasteiger partial charge < -0.3 is 15.0 Å². The molecule has 2 N–H and O–H groups in total. The number of esters is 1. The van der Waals surface area contributed by atoms with Crippen molar-refractivity contribution >= 4 is 39.2 Å². The second-order valence-corrected chi connectivity index (χ2v) is 10.1. The second-order valence-electron chi connectivity index (χ2n) is 7.29. The molecule has 0 spiro atoms. The smallest absolute Gasteiger partial charge is 0.338 e. The summed E-state index contributed by atoms with van der Waals surface area (Å²) in [4.78, 5) is 42.4. The van der Waals surface area contributed by atoms with Crippen LogP contribution in [0.15, 0.2) is 68.4 Å². The van der Waals surface area contributed by atoms with Crippen LogP contribution in [-0.2, 0) is 19.4 Å². The lowest BCUT2D eigenvalue weighted by Crippen LogP contribution is -2.20. The summed E-state index contributed by atoms with van der Waals surface area (Å²) >= 11 is 0.949. The van der Waals surface area contributed by atoms with Crippen molar-refractivity contribution in [3.63, 3.8) is 0 Å². The van der Waals surface area contributed by atoms with Crippen molar-refractivity contribution in [3.8, 4) is 0 Å². The average molecular weight is 502 g/mol. The maximum atomic E-state index is 12.9. The standard InChI is InChI=1S/C23H23N3O6S2/c1-4-32-22(29)16-6-8-17(9-7-16)25-20(27)13-33-23-24-12-19(21(28)26-23)34(30,31)18-10-5-14(2)11-15(18)3/h5-12H,4,13H2,1-3H3,(H,25,27)(H,24,26,28). The van der Waals surface area contributed by atoms with Gasteiger partial charge in [-0.1, -0.05) is 29.5 Å². The zero-order valence-corrected chi connectivity index (χ0v) is 20.4. The van der Waals surface area contributed by atoms with Crippen LogP contribution in [-0.4, -0.2) is 42.6 Å². The van der Waals surface area contributed by atoms with Gasteiger partial charge in [-0.25, -0.2) is 18.2 Å². The van der Waals surface area contributed by atoms with Crippen LogP contribution in [0.2, 0.25) is 0 Å². The number of nitrogens with zero attached hydrogens (tertiary/aromatic N) is 1. The summed E-state index contributed by atoms with van der Waals surface area (Å²) < 4.78 is 30.7. The molecule has 11 heteroatoms. The van der Waals surface area contributed by atoms with E-state index in [-0.39, 0.29) is 28.3 Å². The van der Waals surface area contributed by atoms with Gasteiger partial charge in [0.25, 0.3) is 5.56 Å². The first kappa shape index (κ1) is 25.2. The van der Waals surface area contributed by atoms with E-state index < -0.39 is 26.3 Å². The van der Waals surface area contributed by atoms with Crippen LogP contribution in [0.5, 0.6) is 0 Å². The highest BCUT2D eigenvalue weighted by molar-refractivity contribution is 7.99. The van der Waals surface area contributed by atoms with Crippen LogP contribution >= 0.6 is 11.8 Å². The Morgan fingerprint density at radius 1 is 1.09 bits per heavy atom. The number of aromatic amines is 1. The van der Waals surface area contributed by atoms with E-state index in [4.69, 9.17) is 4.74 Å². The summed E-state index contributed by atoms with van der Waals surface area (Å²) in [6.45, 7) is 5.49. The number of benzene rings is 2. The molecule has 0 saturated heterocycles. The number of nitrogens with one attached hydrogen (secondary N) is 2. The molecule has 0 aliphatic rings. The summed E-state index contributed by atoms with van der Waals surface area (Å²) in [5, 5.41) is 2.77. The minimum absolute atomic E-state index is 0.0409. The van der Waals surface area contributed by atoms with E-state index in [9.17, 15) is 22.8 Å². The fraction of sp³-hybridized carbons (Fsp3) is 0.217. The van der Waals surface area contributed by atoms with Crippen molar-refractivity contribution in [3.05, 3.63) is 75.7 Å². The molecule has 0 saturated carbocycles. The molecule has 0 bridgehead atoms. The lowest BCUT2D eigenvalue weighted by Gasteiger charge is -2.09. The SMILES string of the molecule is CCOC(=O)c1ccc(NC(=O)CSc2ncc(S(=O)(=O)c3ccc(C)cc3C)c(=O)[nH]2)cc1. The molecular formula is C23H23N3O6S2. The summed E-state index contributed by atoms with van der Waals surface area (Å²) in [5.74, 6) is -0.899. The number of aromatic nitrogens is 2. The van der Waals surface area contributed by atoms with E-state index in [1.165, 1.54) is 18.2 Å². The summed E-state index contributed by atoms with van der Waals surface area (Å²) in [7, 11) is -4.05. The molecule has 1 heterocycles. The molecule has 3 rings (SSSR count). The highest BCUT2D eigenvalue weighted by Crippen LogP contribution is 2.23. The fourth-order valence-electron chi connectivity index (χ4n) is 3.09. The van der Waals surface area contributed by atoms with Crippen LogP contribution in [0, 0.1) is 13.8 Å². The number of hydrogen-bond acceptors (Lipinski definition) is 8. The molecule has 178 valence electrons. The van der Waals surface area contributed by atoms with Gasteiger partial charge in [0.2, 0.25) is 15.7 Å². The normalized spacial score (nSPS) is 11.1. The zero-order valence-electron chi connectivity index (χ0n) is 18.7. The number of ether oxygens (including phenoxy) is 1. The van der Waals surface area contributed by atoms with Gasteiger partial charge in [-0.3, -0.25) is 9.59 Å². The molecule has 0 atom stereocenters. The first-order valence-electron chi connectivity index (χ1n) is 10.2. The first-order valence-corrected chi connectivity index (χ1v) is 12.7. The topological polar surface area (TPSA) is 135 Å². The number of thioether (sulfide) groups is 1. The molecule has 0 fully saturated rings. The number of hydrogen-bond donors (Lipinski definition) is 2. The van der Waals surface area contributed by atoms with Gasteiger partial charge >= 0.3 is 5.97 Å². The molecule has 0 aliphatic carbocycles. The molecule has 2 aromatic carbocycles. The molecular weight excluding hydrogens is 478 g/mol. The van der Waals surface area contributed by atoms with Crippen molar-refractivity contribution in [2.45, 2.75) is 35.7 Å². The van der Waals surface area contributed by atoms with E-state index >= 15 is 0 Å². The third-order valence-corrected chi connectivity index (χ3v) is 7.47. The predicted octanol–water partition coefficient (Wildman–Crippen LogP) is 3.13. The van der Waals surface area contributed by atoms with Crippen LogP contribution in [0.1, 0.15) is 28.4 Å². The maximum Gasteiger partial charge on any atom is 0.338 e. The Morgan fingerprint density at radius 2 is 1.79 bits per heavy atom. The fourth-order valence-corrected chi connectivity index (χ4v) is 5.17. The minimum atomic E-state index is -4.05. The largest absolute Gasteiger partial charge is 0.462 e. The average Bonchev–Trinajstić information content (AvgIpc) is 2.78. The number of H-pyrrole nitrogens is 1. The Bertz CT molecular complexity index is 1380. The lowest BCUT2D eigenvalue weighted by molar-refractivity contribution is -0.113. The Balaban J connectivity index is 1.65. The number of aryl methyl sites for hydroxylation is 2. The molecule has 3 aromatic rings. The highest BCUT2D eigenvalue weighted by Gasteiger charge is 2.24. The Kier molecular flexibility index (Phi) is 7.90. The van der Waals surface area contributed by atoms with Gasteiger partial charge in [0, 0.05) is 5.69 Å². The predicted molar refractivity (Wildman–Crippen MR) is 128 cm³/mol. The first-order chi connectivity index (χ1) is 16.1. The van der Waals surface area contributed by atoms with Crippen molar-refractivity contribution in [1.82, 2.24) is 9.97 Å². The van der Waals surface area contributed by atoms with Gasteiger partial charge in [-0.05, 0) is 56.7 Å². The highest BCUT2D eigenvalue weighted by atomic mass is 32.2. The molecule has 1 aromatic heterocycles. The van der Waals surface area contributed by atoms with E-state index in [0.717, 1.165) is 23.5 Å². The number of sulfone groups is 1. The molecule has 1 amide bonds. The Hall–Kier alpha value is -3.44. The Morgan fingerprint density at radius 3 is 2.41 bits per heavy atom. The second kappa shape index (κ2) is 10.7. The summed E-state index contributed by atoms with van der Waals surface area (Å²) in [5.41, 5.74) is 1.47. The van der Waals surface area contributed by atoms with Crippen molar-refractivity contribution < 1.29 is 22.7 Å². The van der Waals surface area contributed by atoms with Gasteiger partial charge in [0.15, 0.2) is 10.1 Å². The van der Waals surface area contributed by atoms with Gasteiger partial charge in [0.05, 0.1) is 29.0 Å². The van der Waals surface area contributed by atoms with Crippen LogP contribution < -0.4 is 10.9 Å². The number of carbonyl (C=O) groups excluding carboxylic acids is 2. The molecule has 0 radical (unpaired) electrons. The molecule has 9 nitrogen and oxygen atoms in total. The van der Waals surface area contributed by atoms with E-state index in [0.29, 0.717) is 16.8 Å². The summed E-state index contributed by atoms with van der Waals surface area (Å²) in [6, 6.07) is 11.1. The van der Waals surface area contributed by atoms with Gasteiger partial charge in [-0.2, -0.15) is 0 Å².